The Bertz CT molecular complexity index is 408. The summed E-state index contributed by atoms with van der Waals surface area (Å²) >= 11 is 6.84. The molecule has 0 saturated heterocycles. The fourth-order valence-corrected chi connectivity index (χ4v) is 3.71. The van der Waals surface area contributed by atoms with Gasteiger partial charge in [0.2, 0.25) is 0 Å². The van der Waals surface area contributed by atoms with Crippen LogP contribution in [-0.2, 0) is 12.8 Å². The highest BCUT2D eigenvalue weighted by Gasteiger charge is 2.10. The Morgan fingerprint density at radius 3 is 2.73 bits per heavy atom. The van der Waals surface area contributed by atoms with E-state index in [1.807, 2.05) is 16.8 Å². The number of hydrogen-bond acceptors (Lipinski definition) is 3. The highest BCUT2D eigenvalue weighted by Crippen LogP contribution is 2.24. The van der Waals surface area contributed by atoms with Crippen molar-refractivity contribution in [3.8, 4) is 0 Å². The number of hydrogen-bond donors (Lipinski definition) is 1. The van der Waals surface area contributed by atoms with Gasteiger partial charge in [0.1, 0.15) is 0 Å². The Morgan fingerprint density at radius 1 is 1.27 bits per heavy atom. The van der Waals surface area contributed by atoms with Crippen molar-refractivity contribution in [2.75, 3.05) is 0 Å². The molecule has 0 amide bonds. The molecule has 0 aliphatic heterocycles. The molecule has 0 aliphatic rings. The highest BCUT2D eigenvalue weighted by molar-refractivity contribution is 9.10. The molecule has 80 valence electrons. The maximum Gasteiger partial charge on any atom is 0.0629 e. The molecule has 0 bridgehead atoms. The fourth-order valence-electron chi connectivity index (χ4n) is 1.44. The maximum atomic E-state index is 9.91. The van der Waals surface area contributed by atoms with Crippen LogP contribution in [0.2, 0.25) is 0 Å². The van der Waals surface area contributed by atoms with E-state index in [4.69, 9.17) is 0 Å². The van der Waals surface area contributed by atoms with Crippen molar-refractivity contribution >= 4 is 38.6 Å². The van der Waals surface area contributed by atoms with Crippen LogP contribution in [0, 0.1) is 0 Å². The lowest BCUT2D eigenvalue weighted by molar-refractivity contribution is 0.176. The molecule has 1 nitrogen and oxygen atoms in total. The van der Waals surface area contributed by atoms with Crippen molar-refractivity contribution in [1.29, 1.82) is 0 Å². The average molecular weight is 303 g/mol. The first kappa shape index (κ1) is 11.3. The first-order valence-corrected chi connectivity index (χ1v) is 7.28. The lowest BCUT2D eigenvalue weighted by Gasteiger charge is -2.08. The van der Waals surface area contributed by atoms with Gasteiger partial charge in [-0.25, -0.2) is 0 Å². The predicted molar refractivity (Wildman–Crippen MR) is 69.8 cm³/mol. The zero-order chi connectivity index (χ0) is 10.7. The van der Waals surface area contributed by atoms with Crippen molar-refractivity contribution in [3.63, 3.8) is 0 Å². The number of aliphatic hydroxyl groups is 1. The monoisotopic (exact) mass is 302 g/mol. The molecule has 0 aromatic carbocycles. The molecule has 0 saturated carbocycles. The van der Waals surface area contributed by atoms with Crippen LogP contribution in [-0.4, -0.2) is 11.2 Å². The summed E-state index contributed by atoms with van der Waals surface area (Å²) in [5.74, 6) is 0. The molecular formula is C11H11BrOS2. The predicted octanol–water partition coefficient (Wildman–Crippen LogP) is 3.72. The van der Waals surface area contributed by atoms with E-state index in [1.54, 1.807) is 22.7 Å². The van der Waals surface area contributed by atoms with Crippen molar-refractivity contribution in [1.82, 2.24) is 0 Å². The highest BCUT2D eigenvalue weighted by atomic mass is 79.9. The number of rotatable bonds is 4. The Balaban J connectivity index is 1.93. The Hall–Kier alpha value is -0.160. The van der Waals surface area contributed by atoms with Crippen molar-refractivity contribution in [2.45, 2.75) is 18.9 Å². The van der Waals surface area contributed by atoms with E-state index in [0.29, 0.717) is 0 Å². The van der Waals surface area contributed by atoms with Crippen molar-refractivity contribution < 1.29 is 5.11 Å². The third kappa shape index (κ3) is 3.14. The molecule has 2 heterocycles. The maximum absolute atomic E-state index is 9.91. The van der Waals surface area contributed by atoms with Gasteiger partial charge in [-0.05, 0) is 56.2 Å². The molecule has 15 heavy (non-hydrogen) atoms. The van der Waals surface area contributed by atoms with Crippen LogP contribution in [0.1, 0.15) is 10.4 Å². The number of halogens is 1. The number of thiophene rings is 2. The summed E-state index contributed by atoms with van der Waals surface area (Å²) in [6, 6.07) is 4.09. The van der Waals surface area contributed by atoms with Gasteiger partial charge in [-0.15, -0.1) is 11.3 Å². The van der Waals surface area contributed by atoms with Gasteiger partial charge in [0.15, 0.2) is 0 Å². The van der Waals surface area contributed by atoms with E-state index >= 15 is 0 Å². The fraction of sp³-hybridized carbons (Fsp3) is 0.273. The van der Waals surface area contributed by atoms with Crippen LogP contribution < -0.4 is 0 Å². The summed E-state index contributed by atoms with van der Waals surface area (Å²) in [7, 11) is 0. The first-order chi connectivity index (χ1) is 7.25. The van der Waals surface area contributed by atoms with Gasteiger partial charge in [-0.3, -0.25) is 0 Å². The van der Waals surface area contributed by atoms with Crippen LogP contribution in [0.4, 0.5) is 0 Å². The Labute approximate surface area is 106 Å². The molecule has 0 fully saturated rings. The lowest BCUT2D eigenvalue weighted by atomic mass is 10.1. The van der Waals surface area contributed by atoms with Crippen molar-refractivity contribution in [3.05, 3.63) is 43.2 Å². The molecule has 2 aromatic rings. The van der Waals surface area contributed by atoms with Crippen LogP contribution in [0.3, 0.4) is 0 Å². The molecule has 0 radical (unpaired) electrons. The van der Waals surface area contributed by atoms with Gasteiger partial charge in [-0.2, -0.15) is 11.3 Å². The zero-order valence-corrected chi connectivity index (χ0v) is 11.2. The largest absolute Gasteiger partial charge is 0.392 e. The summed E-state index contributed by atoms with van der Waals surface area (Å²) in [4.78, 5) is 1.22. The molecule has 1 unspecified atom stereocenters. The molecule has 0 aliphatic carbocycles. The van der Waals surface area contributed by atoms with Crippen LogP contribution in [0.5, 0.6) is 0 Å². The van der Waals surface area contributed by atoms with E-state index in [-0.39, 0.29) is 6.10 Å². The van der Waals surface area contributed by atoms with E-state index in [9.17, 15) is 5.11 Å². The van der Waals surface area contributed by atoms with Gasteiger partial charge >= 0.3 is 0 Å². The quantitative estimate of drug-likeness (QED) is 0.913. The second kappa shape index (κ2) is 5.25. The molecule has 2 rings (SSSR count). The summed E-state index contributed by atoms with van der Waals surface area (Å²) < 4.78 is 1.11. The SMILES string of the molecule is OC(Cc1ccsc1)Cc1sccc1Br. The Kier molecular flexibility index (Phi) is 3.97. The standard InChI is InChI=1S/C11H11BrOS2/c12-10-2-4-15-11(10)6-9(13)5-8-1-3-14-7-8/h1-4,7,9,13H,5-6H2. The summed E-state index contributed by atoms with van der Waals surface area (Å²) in [5, 5.41) is 16.1. The third-order valence-corrected chi connectivity index (χ3v) is 4.84. The zero-order valence-electron chi connectivity index (χ0n) is 8.02. The molecule has 0 spiro atoms. The van der Waals surface area contributed by atoms with E-state index < -0.39 is 0 Å². The minimum atomic E-state index is -0.283. The van der Waals surface area contributed by atoms with Crippen LogP contribution in [0.25, 0.3) is 0 Å². The van der Waals surface area contributed by atoms with E-state index in [0.717, 1.165) is 17.3 Å². The minimum absolute atomic E-state index is 0.283. The number of aliphatic hydroxyl groups excluding tert-OH is 1. The van der Waals surface area contributed by atoms with Gasteiger partial charge in [-0.1, -0.05) is 0 Å². The van der Waals surface area contributed by atoms with Gasteiger partial charge in [0, 0.05) is 15.8 Å². The average Bonchev–Trinajstić information content (AvgIpc) is 2.79. The molecule has 4 heteroatoms. The first-order valence-electron chi connectivity index (χ1n) is 4.66. The van der Waals surface area contributed by atoms with Crippen LogP contribution in [0.15, 0.2) is 32.7 Å². The second-order valence-corrected chi connectivity index (χ2v) is 6.02. The van der Waals surface area contributed by atoms with E-state index in [2.05, 4.69) is 27.4 Å². The summed E-state index contributed by atoms with van der Waals surface area (Å²) in [6.45, 7) is 0. The summed E-state index contributed by atoms with van der Waals surface area (Å²) in [5.41, 5.74) is 1.22. The van der Waals surface area contributed by atoms with Gasteiger partial charge in [0.25, 0.3) is 0 Å². The molecular weight excluding hydrogens is 292 g/mol. The topological polar surface area (TPSA) is 20.2 Å². The van der Waals surface area contributed by atoms with Crippen molar-refractivity contribution in [2.24, 2.45) is 0 Å². The molecule has 1 atom stereocenters. The molecule has 1 N–H and O–H groups in total. The van der Waals surface area contributed by atoms with Crippen LogP contribution >= 0.6 is 38.6 Å². The normalized spacial score (nSPS) is 12.9. The van der Waals surface area contributed by atoms with Gasteiger partial charge < -0.3 is 5.11 Å². The second-order valence-electron chi connectivity index (χ2n) is 3.39. The smallest absolute Gasteiger partial charge is 0.0629 e. The summed E-state index contributed by atoms with van der Waals surface area (Å²) in [6.07, 6.45) is 1.19. The Morgan fingerprint density at radius 2 is 2.13 bits per heavy atom. The minimum Gasteiger partial charge on any atom is -0.392 e. The van der Waals surface area contributed by atoms with E-state index in [1.165, 1.54) is 10.4 Å². The lowest BCUT2D eigenvalue weighted by Crippen LogP contribution is -2.12. The third-order valence-electron chi connectivity index (χ3n) is 2.16. The molecule has 2 aromatic heterocycles. The van der Waals surface area contributed by atoms with Gasteiger partial charge in [0.05, 0.1) is 6.10 Å².